The second-order valence-electron chi connectivity index (χ2n) is 5.72. The van der Waals surface area contributed by atoms with Crippen molar-refractivity contribution < 1.29 is 8.42 Å². The summed E-state index contributed by atoms with van der Waals surface area (Å²) in [4.78, 5) is 0.345. The van der Waals surface area contributed by atoms with Gasteiger partial charge < -0.3 is 5.32 Å². The Labute approximate surface area is 122 Å². The molecule has 0 aromatic heterocycles. The van der Waals surface area contributed by atoms with Crippen molar-refractivity contribution in [2.75, 3.05) is 13.1 Å². The standard InChI is InChI=1S/C15H24N2O2S/c1-12(2)13-6-8-15(9-7-13)20(18,19)17-11-14-5-3-4-10-16-14/h6-9,12,14,16-17H,3-5,10-11H2,1-2H3. The maximum atomic E-state index is 12.2. The number of sulfonamides is 1. The molecule has 0 spiro atoms. The minimum atomic E-state index is -3.39. The van der Waals surface area contributed by atoms with Crippen LogP contribution < -0.4 is 10.0 Å². The van der Waals surface area contributed by atoms with Crippen molar-refractivity contribution in [3.05, 3.63) is 29.8 Å². The first-order valence-corrected chi connectivity index (χ1v) is 8.80. The lowest BCUT2D eigenvalue weighted by Crippen LogP contribution is -2.43. The van der Waals surface area contributed by atoms with Crippen LogP contribution in [0, 0.1) is 0 Å². The fourth-order valence-electron chi connectivity index (χ4n) is 2.42. The van der Waals surface area contributed by atoms with Gasteiger partial charge in [-0.1, -0.05) is 32.4 Å². The summed E-state index contributed by atoms with van der Waals surface area (Å²) in [7, 11) is -3.39. The largest absolute Gasteiger partial charge is 0.313 e. The van der Waals surface area contributed by atoms with Gasteiger partial charge in [0.05, 0.1) is 4.90 Å². The van der Waals surface area contributed by atoms with Crippen molar-refractivity contribution >= 4 is 10.0 Å². The molecule has 1 saturated heterocycles. The van der Waals surface area contributed by atoms with E-state index in [1.165, 1.54) is 12.8 Å². The number of piperidine rings is 1. The first-order chi connectivity index (χ1) is 9.49. The van der Waals surface area contributed by atoms with Gasteiger partial charge in [0.1, 0.15) is 0 Å². The molecular formula is C15H24N2O2S. The first kappa shape index (κ1) is 15.5. The normalized spacial score (nSPS) is 20.2. The molecule has 4 nitrogen and oxygen atoms in total. The Morgan fingerprint density at radius 2 is 1.95 bits per heavy atom. The molecule has 1 aromatic carbocycles. The molecule has 5 heteroatoms. The van der Waals surface area contributed by atoms with Gasteiger partial charge in [-0.2, -0.15) is 0 Å². The summed E-state index contributed by atoms with van der Waals surface area (Å²) in [5, 5.41) is 3.34. The number of rotatable bonds is 5. The van der Waals surface area contributed by atoms with Crippen LogP contribution in [0.1, 0.15) is 44.6 Å². The number of hydrogen-bond donors (Lipinski definition) is 2. The van der Waals surface area contributed by atoms with E-state index in [-0.39, 0.29) is 6.04 Å². The van der Waals surface area contributed by atoms with Crippen LogP contribution in [0.15, 0.2) is 29.2 Å². The molecule has 0 amide bonds. The van der Waals surface area contributed by atoms with Gasteiger partial charge in [0, 0.05) is 12.6 Å². The third-order valence-corrected chi connectivity index (χ3v) is 5.23. The van der Waals surface area contributed by atoms with Gasteiger partial charge in [-0.15, -0.1) is 0 Å². The van der Waals surface area contributed by atoms with Crippen LogP contribution in [0.4, 0.5) is 0 Å². The van der Waals surface area contributed by atoms with E-state index < -0.39 is 10.0 Å². The lowest BCUT2D eigenvalue weighted by Gasteiger charge is -2.23. The molecule has 0 saturated carbocycles. The smallest absolute Gasteiger partial charge is 0.240 e. The fraction of sp³-hybridized carbons (Fsp3) is 0.600. The van der Waals surface area contributed by atoms with E-state index >= 15 is 0 Å². The zero-order valence-electron chi connectivity index (χ0n) is 12.2. The predicted molar refractivity (Wildman–Crippen MR) is 81.4 cm³/mol. The van der Waals surface area contributed by atoms with E-state index in [9.17, 15) is 8.42 Å². The Bertz CT molecular complexity index is 517. The van der Waals surface area contributed by atoms with Crippen molar-refractivity contribution in [3.63, 3.8) is 0 Å². The van der Waals surface area contributed by atoms with Crippen molar-refractivity contribution in [1.29, 1.82) is 0 Å². The molecule has 2 rings (SSSR count). The molecule has 1 atom stereocenters. The van der Waals surface area contributed by atoms with Crippen molar-refractivity contribution in [2.24, 2.45) is 0 Å². The monoisotopic (exact) mass is 296 g/mol. The van der Waals surface area contributed by atoms with Gasteiger partial charge in [0.15, 0.2) is 0 Å². The summed E-state index contributed by atoms with van der Waals surface area (Å²) in [6, 6.07) is 7.40. The Kier molecular flexibility index (Phi) is 5.18. The molecule has 1 aromatic rings. The summed E-state index contributed by atoms with van der Waals surface area (Å²) in [6.45, 7) is 5.64. The summed E-state index contributed by atoms with van der Waals surface area (Å²) < 4.78 is 27.1. The third-order valence-electron chi connectivity index (χ3n) is 3.79. The van der Waals surface area contributed by atoms with Crippen LogP contribution in [-0.2, 0) is 10.0 Å². The summed E-state index contributed by atoms with van der Waals surface area (Å²) in [5.74, 6) is 0.408. The molecule has 1 aliphatic heterocycles. The number of benzene rings is 1. The molecule has 2 N–H and O–H groups in total. The van der Waals surface area contributed by atoms with Gasteiger partial charge in [0.2, 0.25) is 10.0 Å². The summed E-state index contributed by atoms with van der Waals surface area (Å²) >= 11 is 0. The molecule has 0 radical (unpaired) electrons. The summed E-state index contributed by atoms with van der Waals surface area (Å²) in [5.41, 5.74) is 1.15. The third kappa shape index (κ3) is 4.04. The van der Waals surface area contributed by atoms with E-state index in [1.807, 2.05) is 12.1 Å². The predicted octanol–water partition coefficient (Wildman–Crippen LogP) is 2.23. The quantitative estimate of drug-likeness (QED) is 0.876. The number of nitrogens with one attached hydrogen (secondary N) is 2. The molecular weight excluding hydrogens is 272 g/mol. The lowest BCUT2D eigenvalue weighted by atomic mass is 10.0. The highest BCUT2D eigenvalue weighted by atomic mass is 32.2. The number of hydrogen-bond acceptors (Lipinski definition) is 3. The zero-order valence-corrected chi connectivity index (χ0v) is 13.0. The van der Waals surface area contributed by atoms with Gasteiger partial charge in [-0.3, -0.25) is 0 Å². The van der Waals surface area contributed by atoms with Crippen LogP contribution >= 0.6 is 0 Å². The minimum Gasteiger partial charge on any atom is -0.313 e. The second kappa shape index (κ2) is 6.70. The fourth-order valence-corrected chi connectivity index (χ4v) is 3.51. The van der Waals surface area contributed by atoms with Crippen LogP contribution in [0.2, 0.25) is 0 Å². The van der Waals surface area contributed by atoms with Crippen molar-refractivity contribution in [3.8, 4) is 0 Å². The Morgan fingerprint density at radius 3 is 2.50 bits per heavy atom. The van der Waals surface area contributed by atoms with Gasteiger partial charge in [-0.25, -0.2) is 13.1 Å². The van der Waals surface area contributed by atoms with E-state index in [2.05, 4.69) is 23.9 Å². The van der Waals surface area contributed by atoms with Gasteiger partial charge in [0.25, 0.3) is 0 Å². The van der Waals surface area contributed by atoms with Crippen LogP contribution in [0.5, 0.6) is 0 Å². The molecule has 112 valence electrons. The molecule has 0 aliphatic carbocycles. The van der Waals surface area contributed by atoms with E-state index in [4.69, 9.17) is 0 Å². The lowest BCUT2D eigenvalue weighted by molar-refractivity contribution is 0.398. The van der Waals surface area contributed by atoms with Crippen molar-refractivity contribution in [1.82, 2.24) is 10.0 Å². The van der Waals surface area contributed by atoms with Gasteiger partial charge in [-0.05, 0) is 43.0 Å². The first-order valence-electron chi connectivity index (χ1n) is 7.32. The van der Waals surface area contributed by atoms with Crippen LogP contribution in [0.25, 0.3) is 0 Å². The zero-order chi connectivity index (χ0) is 14.6. The second-order valence-corrected chi connectivity index (χ2v) is 7.49. The average molecular weight is 296 g/mol. The molecule has 1 unspecified atom stereocenters. The van der Waals surface area contributed by atoms with Gasteiger partial charge >= 0.3 is 0 Å². The highest BCUT2D eigenvalue weighted by Crippen LogP contribution is 2.17. The maximum absolute atomic E-state index is 12.2. The van der Waals surface area contributed by atoms with Crippen LogP contribution in [-0.4, -0.2) is 27.5 Å². The average Bonchev–Trinajstić information content (AvgIpc) is 2.46. The molecule has 20 heavy (non-hydrogen) atoms. The topological polar surface area (TPSA) is 58.2 Å². The molecule has 1 fully saturated rings. The SMILES string of the molecule is CC(C)c1ccc(S(=O)(=O)NCC2CCCCN2)cc1. The molecule has 1 heterocycles. The van der Waals surface area contributed by atoms with E-state index in [0.717, 1.165) is 18.5 Å². The minimum absolute atomic E-state index is 0.258. The Morgan fingerprint density at radius 1 is 1.25 bits per heavy atom. The Balaban J connectivity index is 1.98. The van der Waals surface area contributed by atoms with Crippen LogP contribution in [0.3, 0.4) is 0 Å². The maximum Gasteiger partial charge on any atom is 0.240 e. The van der Waals surface area contributed by atoms with E-state index in [0.29, 0.717) is 17.4 Å². The van der Waals surface area contributed by atoms with E-state index in [1.54, 1.807) is 12.1 Å². The summed E-state index contributed by atoms with van der Waals surface area (Å²) in [6.07, 6.45) is 3.39. The highest BCUT2D eigenvalue weighted by molar-refractivity contribution is 7.89. The molecule has 1 aliphatic rings. The molecule has 0 bridgehead atoms. The Hall–Kier alpha value is -0.910. The van der Waals surface area contributed by atoms with Crippen molar-refractivity contribution in [2.45, 2.75) is 50.0 Å². The highest BCUT2D eigenvalue weighted by Gasteiger charge is 2.18.